The van der Waals surface area contributed by atoms with Gasteiger partial charge in [0.15, 0.2) is 5.76 Å². The van der Waals surface area contributed by atoms with Crippen LogP contribution >= 0.6 is 34.5 Å². The lowest BCUT2D eigenvalue weighted by Gasteiger charge is -2.35. The summed E-state index contributed by atoms with van der Waals surface area (Å²) in [6.45, 7) is 4.03. The molecule has 1 N–H and O–H groups in total. The zero-order valence-corrected chi connectivity index (χ0v) is 18.4. The van der Waals surface area contributed by atoms with Crippen LogP contribution in [0.1, 0.15) is 51.9 Å². The van der Waals surface area contributed by atoms with Gasteiger partial charge in [0.25, 0.3) is 5.91 Å². The second-order valence-corrected chi connectivity index (χ2v) is 9.34. The van der Waals surface area contributed by atoms with Crippen LogP contribution in [-0.2, 0) is 0 Å². The van der Waals surface area contributed by atoms with Crippen LogP contribution in [0.5, 0.6) is 0 Å². The molecule has 1 saturated heterocycles. The molecule has 0 saturated carbocycles. The van der Waals surface area contributed by atoms with Gasteiger partial charge in [-0.05, 0) is 68.8 Å². The highest BCUT2D eigenvalue weighted by Crippen LogP contribution is 2.42. The second kappa shape index (κ2) is 8.92. The van der Waals surface area contributed by atoms with E-state index in [2.05, 4.69) is 16.3 Å². The number of amides is 1. The maximum Gasteiger partial charge on any atom is 0.291 e. The lowest BCUT2D eigenvalue weighted by atomic mass is 9.96. The fourth-order valence-electron chi connectivity index (χ4n) is 3.87. The molecule has 4 nitrogen and oxygen atoms in total. The second-order valence-electron chi connectivity index (χ2n) is 7.24. The highest BCUT2D eigenvalue weighted by molar-refractivity contribution is 7.16. The number of piperidine rings is 1. The molecule has 0 aliphatic carbocycles. The number of furan rings is 1. The zero-order chi connectivity index (χ0) is 20.4. The minimum absolute atomic E-state index is 0.0445. The van der Waals surface area contributed by atoms with Crippen LogP contribution in [0.15, 0.2) is 47.1 Å². The number of likely N-dealkylation sites (tertiary alicyclic amines) is 1. The smallest absolute Gasteiger partial charge is 0.291 e. The number of thiophene rings is 1. The number of hydrogen-bond donors (Lipinski definition) is 1. The van der Waals surface area contributed by atoms with Crippen LogP contribution in [0, 0.1) is 6.92 Å². The van der Waals surface area contributed by atoms with E-state index in [1.165, 1.54) is 12.7 Å². The SMILES string of the molecule is Cc1cc(C(c2ccc(Cl)cc2Cl)N2CCCCC2)c(NC(=O)c2ccco2)s1. The first-order valence-corrected chi connectivity index (χ1v) is 11.2. The van der Waals surface area contributed by atoms with Crippen molar-refractivity contribution in [3.63, 3.8) is 0 Å². The first kappa shape index (κ1) is 20.5. The standard InChI is InChI=1S/C22H22Cl2N2O2S/c1-14-12-17(22(29-14)25-21(27)19-6-5-11-28-19)20(26-9-3-2-4-10-26)16-8-7-15(23)13-18(16)24/h5-8,11-13,20H,2-4,9-10H2,1H3,(H,25,27). The van der Waals surface area contributed by atoms with E-state index in [0.717, 1.165) is 46.9 Å². The number of nitrogens with one attached hydrogen (secondary N) is 1. The number of aryl methyl sites for hydroxylation is 1. The molecule has 3 heterocycles. The van der Waals surface area contributed by atoms with E-state index in [9.17, 15) is 4.79 Å². The summed E-state index contributed by atoms with van der Waals surface area (Å²) in [6, 6.07) is 11.1. The normalized spacial score (nSPS) is 16.0. The molecule has 1 atom stereocenters. The van der Waals surface area contributed by atoms with Gasteiger partial charge in [-0.1, -0.05) is 35.7 Å². The lowest BCUT2D eigenvalue weighted by molar-refractivity contribution is 0.0996. The maximum absolute atomic E-state index is 12.6. The summed E-state index contributed by atoms with van der Waals surface area (Å²) in [7, 11) is 0. The highest BCUT2D eigenvalue weighted by atomic mass is 35.5. The van der Waals surface area contributed by atoms with Crippen molar-refractivity contribution in [3.05, 3.63) is 74.5 Å². The van der Waals surface area contributed by atoms with Crippen molar-refractivity contribution in [1.82, 2.24) is 4.90 Å². The van der Waals surface area contributed by atoms with Gasteiger partial charge in [0.1, 0.15) is 5.00 Å². The average molecular weight is 449 g/mol. The Labute approximate surface area is 184 Å². The van der Waals surface area contributed by atoms with E-state index in [4.69, 9.17) is 27.6 Å². The molecule has 7 heteroatoms. The van der Waals surface area contributed by atoms with Crippen LogP contribution in [0.3, 0.4) is 0 Å². The third-order valence-corrected chi connectivity index (χ3v) is 6.71. The molecule has 1 aliphatic heterocycles. The van der Waals surface area contributed by atoms with Gasteiger partial charge in [-0.15, -0.1) is 11.3 Å². The first-order chi connectivity index (χ1) is 14.0. The number of rotatable bonds is 5. The van der Waals surface area contributed by atoms with Crippen LogP contribution in [0.2, 0.25) is 10.0 Å². The largest absolute Gasteiger partial charge is 0.459 e. The minimum Gasteiger partial charge on any atom is -0.459 e. The molecule has 1 aromatic carbocycles. The number of nitrogens with zero attached hydrogens (tertiary/aromatic N) is 1. The minimum atomic E-state index is -0.252. The molecule has 4 rings (SSSR count). The van der Waals surface area contributed by atoms with E-state index in [-0.39, 0.29) is 11.9 Å². The number of benzene rings is 1. The molecule has 1 aliphatic rings. The van der Waals surface area contributed by atoms with E-state index < -0.39 is 0 Å². The van der Waals surface area contributed by atoms with Gasteiger partial charge in [-0.2, -0.15) is 0 Å². The Hall–Kier alpha value is -1.79. The Balaban J connectivity index is 1.75. The first-order valence-electron chi connectivity index (χ1n) is 9.67. The summed E-state index contributed by atoms with van der Waals surface area (Å²) in [5, 5.41) is 5.12. The highest BCUT2D eigenvalue weighted by Gasteiger charge is 2.30. The van der Waals surface area contributed by atoms with E-state index in [1.54, 1.807) is 29.5 Å². The van der Waals surface area contributed by atoms with E-state index in [0.29, 0.717) is 15.8 Å². The van der Waals surface area contributed by atoms with Gasteiger partial charge in [-0.25, -0.2) is 0 Å². The van der Waals surface area contributed by atoms with Gasteiger partial charge in [0.05, 0.1) is 12.3 Å². The molecule has 0 bridgehead atoms. The Morgan fingerprint density at radius 1 is 1.14 bits per heavy atom. The Bertz CT molecular complexity index is 994. The average Bonchev–Trinajstić information content (AvgIpc) is 3.35. The molecule has 0 spiro atoms. The van der Waals surface area contributed by atoms with Crippen molar-refractivity contribution in [2.45, 2.75) is 32.2 Å². The molecule has 2 aromatic heterocycles. The Kier molecular flexibility index (Phi) is 6.30. The fraction of sp³-hybridized carbons (Fsp3) is 0.318. The van der Waals surface area contributed by atoms with Crippen molar-refractivity contribution in [2.24, 2.45) is 0 Å². The quantitative estimate of drug-likeness (QED) is 0.467. The summed E-state index contributed by atoms with van der Waals surface area (Å²) in [6.07, 6.45) is 5.04. The number of halogens is 2. The number of hydrogen-bond acceptors (Lipinski definition) is 4. The van der Waals surface area contributed by atoms with Crippen molar-refractivity contribution in [3.8, 4) is 0 Å². The third-order valence-electron chi connectivity index (χ3n) is 5.16. The van der Waals surface area contributed by atoms with Gasteiger partial charge < -0.3 is 9.73 Å². The fourth-order valence-corrected chi connectivity index (χ4v) is 5.32. The van der Waals surface area contributed by atoms with E-state index >= 15 is 0 Å². The third kappa shape index (κ3) is 4.53. The number of carbonyl (C=O) groups is 1. The zero-order valence-electron chi connectivity index (χ0n) is 16.1. The maximum atomic E-state index is 12.6. The summed E-state index contributed by atoms with van der Waals surface area (Å²) in [4.78, 5) is 16.2. The summed E-state index contributed by atoms with van der Waals surface area (Å²) in [5.41, 5.74) is 2.06. The predicted octanol–water partition coefficient (Wildman–Crippen LogP) is 6.78. The summed E-state index contributed by atoms with van der Waals surface area (Å²) >= 11 is 14.3. The molecule has 3 aromatic rings. The van der Waals surface area contributed by atoms with Crippen LogP contribution in [-0.4, -0.2) is 23.9 Å². The van der Waals surface area contributed by atoms with Gasteiger partial charge in [0, 0.05) is 20.5 Å². The monoisotopic (exact) mass is 448 g/mol. The van der Waals surface area contributed by atoms with Crippen molar-refractivity contribution < 1.29 is 9.21 Å². The molecule has 1 fully saturated rings. The van der Waals surface area contributed by atoms with Gasteiger partial charge >= 0.3 is 0 Å². The molecule has 152 valence electrons. The Morgan fingerprint density at radius 3 is 2.62 bits per heavy atom. The molecule has 1 amide bonds. The summed E-state index contributed by atoms with van der Waals surface area (Å²) in [5.74, 6) is 0.0405. The van der Waals surface area contributed by atoms with Crippen LogP contribution in [0.4, 0.5) is 5.00 Å². The van der Waals surface area contributed by atoms with Crippen molar-refractivity contribution >= 4 is 45.4 Å². The molecule has 1 unspecified atom stereocenters. The van der Waals surface area contributed by atoms with Gasteiger partial charge in [-0.3, -0.25) is 9.69 Å². The molecular formula is C22H22Cl2N2O2S. The lowest BCUT2D eigenvalue weighted by Crippen LogP contribution is -2.34. The Morgan fingerprint density at radius 2 is 1.93 bits per heavy atom. The summed E-state index contributed by atoms with van der Waals surface area (Å²) < 4.78 is 5.25. The van der Waals surface area contributed by atoms with E-state index in [1.807, 2.05) is 19.1 Å². The predicted molar refractivity (Wildman–Crippen MR) is 119 cm³/mol. The van der Waals surface area contributed by atoms with Crippen LogP contribution in [0.25, 0.3) is 0 Å². The van der Waals surface area contributed by atoms with Crippen LogP contribution < -0.4 is 5.32 Å². The number of anilines is 1. The molecular weight excluding hydrogens is 427 g/mol. The van der Waals surface area contributed by atoms with Crippen molar-refractivity contribution in [2.75, 3.05) is 18.4 Å². The van der Waals surface area contributed by atoms with Crippen molar-refractivity contribution in [1.29, 1.82) is 0 Å². The topological polar surface area (TPSA) is 45.5 Å². The van der Waals surface area contributed by atoms with Gasteiger partial charge in [0.2, 0.25) is 0 Å². The molecule has 0 radical (unpaired) electrons. The number of carbonyl (C=O) groups excluding carboxylic acids is 1. The molecule has 29 heavy (non-hydrogen) atoms.